The van der Waals surface area contributed by atoms with Gasteiger partial charge in [0.15, 0.2) is 0 Å². The molecular formula is C15H14BrN3O3. The first-order chi connectivity index (χ1) is 10.5. The van der Waals surface area contributed by atoms with Gasteiger partial charge in [0.25, 0.3) is 0 Å². The molecule has 0 bridgehead atoms. The van der Waals surface area contributed by atoms with E-state index in [1.165, 1.54) is 0 Å². The van der Waals surface area contributed by atoms with Crippen LogP contribution in [0.25, 0.3) is 0 Å². The van der Waals surface area contributed by atoms with Crippen LogP contribution in [0, 0.1) is 0 Å². The molecule has 7 heteroatoms. The largest absolute Gasteiger partial charge is 0.480 e. The number of aliphatic carboxylic acids is 1. The molecule has 1 heterocycles. The molecule has 1 aromatic carbocycles. The van der Waals surface area contributed by atoms with Gasteiger partial charge in [0.1, 0.15) is 6.04 Å². The maximum atomic E-state index is 11.9. The molecule has 0 radical (unpaired) electrons. The number of hydrogen-bond acceptors (Lipinski definition) is 3. The van der Waals surface area contributed by atoms with Gasteiger partial charge in [-0.3, -0.25) is 4.98 Å². The van der Waals surface area contributed by atoms with Gasteiger partial charge in [0, 0.05) is 28.5 Å². The summed E-state index contributed by atoms with van der Waals surface area (Å²) in [5.41, 5.74) is 1.17. The van der Waals surface area contributed by atoms with Crippen molar-refractivity contribution in [3.8, 4) is 0 Å². The molecule has 0 spiro atoms. The van der Waals surface area contributed by atoms with Crippen molar-refractivity contribution in [2.75, 3.05) is 5.32 Å². The number of pyridine rings is 1. The quantitative estimate of drug-likeness (QED) is 0.761. The number of benzene rings is 1. The van der Waals surface area contributed by atoms with E-state index < -0.39 is 18.0 Å². The van der Waals surface area contributed by atoms with E-state index in [0.717, 1.165) is 4.47 Å². The standard InChI is InChI=1S/C15H14BrN3O3/c16-10-4-6-11(7-5-10)18-15(22)19-13(14(20)21)9-12-3-1-2-8-17-12/h1-8,13H,9H2,(H,20,21)(H2,18,19,22). The fraction of sp³-hybridized carbons (Fsp3) is 0.133. The molecular weight excluding hydrogens is 350 g/mol. The van der Waals surface area contributed by atoms with Gasteiger partial charge in [0.2, 0.25) is 0 Å². The van der Waals surface area contributed by atoms with Gasteiger partial charge in [-0.1, -0.05) is 22.0 Å². The average Bonchev–Trinajstić information content (AvgIpc) is 2.50. The Kier molecular flexibility index (Phi) is 5.48. The van der Waals surface area contributed by atoms with E-state index in [9.17, 15) is 14.7 Å². The molecule has 2 amide bonds. The van der Waals surface area contributed by atoms with E-state index in [2.05, 4.69) is 31.5 Å². The molecule has 2 rings (SSSR count). The van der Waals surface area contributed by atoms with Crippen LogP contribution in [0.4, 0.5) is 10.5 Å². The summed E-state index contributed by atoms with van der Waals surface area (Å²) < 4.78 is 0.886. The van der Waals surface area contributed by atoms with Crippen LogP contribution in [-0.4, -0.2) is 28.1 Å². The monoisotopic (exact) mass is 363 g/mol. The van der Waals surface area contributed by atoms with E-state index >= 15 is 0 Å². The number of carbonyl (C=O) groups is 2. The van der Waals surface area contributed by atoms with Crippen LogP contribution in [0.3, 0.4) is 0 Å². The van der Waals surface area contributed by atoms with Crippen LogP contribution in [0.2, 0.25) is 0 Å². The minimum Gasteiger partial charge on any atom is -0.480 e. The number of halogens is 1. The first kappa shape index (κ1) is 16.0. The molecule has 1 unspecified atom stereocenters. The third-order valence-electron chi connectivity index (χ3n) is 2.84. The second kappa shape index (κ2) is 7.56. The Morgan fingerprint density at radius 3 is 2.50 bits per heavy atom. The van der Waals surface area contributed by atoms with Crippen molar-refractivity contribution in [2.45, 2.75) is 12.5 Å². The van der Waals surface area contributed by atoms with Crippen LogP contribution < -0.4 is 10.6 Å². The molecule has 0 saturated heterocycles. The number of carboxylic acids is 1. The zero-order chi connectivity index (χ0) is 15.9. The molecule has 114 valence electrons. The van der Waals surface area contributed by atoms with Gasteiger partial charge in [-0.15, -0.1) is 0 Å². The summed E-state index contributed by atoms with van der Waals surface area (Å²) >= 11 is 3.30. The maximum Gasteiger partial charge on any atom is 0.326 e. The molecule has 1 aromatic heterocycles. The normalized spacial score (nSPS) is 11.5. The Hall–Kier alpha value is -2.41. The molecule has 2 aromatic rings. The second-order valence-electron chi connectivity index (χ2n) is 4.52. The number of nitrogens with zero attached hydrogens (tertiary/aromatic N) is 1. The number of carboxylic acid groups (broad SMARTS) is 1. The predicted octanol–water partition coefficient (Wildman–Crippen LogP) is 2.66. The lowest BCUT2D eigenvalue weighted by molar-refractivity contribution is -0.139. The SMILES string of the molecule is O=C(Nc1ccc(Br)cc1)NC(Cc1ccccn1)C(=O)O. The van der Waals surface area contributed by atoms with Gasteiger partial charge in [-0.2, -0.15) is 0 Å². The summed E-state index contributed by atoms with van der Waals surface area (Å²) in [5.74, 6) is -1.11. The number of carbonyl (C=O) groups excluding carboxylic acids is 1. The predicted molar refractivity (Wildman–Crippen MR) is 85.7 cm³/mol. The summed E-state index contributed by atoms with van der Waals surface area (Å²) in [7, 11) is 0. The molecule has 1 atom stereocenters. The number of anilines is 1. The van der Waals surface area contributed by atoms with Gasteiger partial charge in [-0.05, 0) is 36.4 Å². The van der Waals surface area contributed by atoms with Crippen molar-refractivity contribution in [3.63, 3.8) is 0 Å². The van der Waals surface area contributed by atoms with Crippen molar-refractivity contribution in [1.29, 1.82) is 0 Å². The van der Waals surface area contributed by atoms with Gasteiger partial charge >= 0.3 is 12.0 Å². The lowest BCUT2D eigenvalue weighted by Crippen LogP contribution is -2.44. The van der Waals surface area contributed by atoms with Crippen molar-refractivity contribution < 1.29 is 14.7 Å². The second-order valence-corrected chi connectivity index (χ2v) is 5.44. The minimum atomic E-state index is -1.11. The fourth-order valence-corrected chi connectivity index (χ4v) is 2.05. The summed E-state index contributed by atoms with van der Waals surface area (Å²) in [5, 5.41) is 14.2. The van der Waals surface area contributed by atoms with Crippen LogP contribution in [-0.2, 0) is 11.2 Å². The first-order valence-electron chi connectivity index (χ1n) is 6.50. The number of aromatic nitrogens is 1. The highest BCUT2D eigenvalue weighted by atomic mass is 79.9. The number of rotatable bonds is 5. The molecule has 3 N–H and O–H groups in total. The minimum absolute atomic E-state index is 0.115. The van der Waals surface area contributed by atoms with Gasteiger partial charge in [0.05, 0.1) is 0 Å². The number of nitrogens with one attached hydrogen (secondary N) is 2. The Labute approximate surface area is 135 Å². The van der Waals surface area contributed by atoms with Crippen molar-refractivity contribution >= 4 is 33.6 Å². The molecule has 0 aliphatic rings. The summed E-state index contributed by atoms with van der Waals surface area (Å²) in [6, 6.07) is 10.6. The summed E-state index contributed by atoms with van der Waals surface area (Å²) in [6.45, 7) is 0. The molecule has 0 aliphatic heterocycles. The zero-order valence-electron chi connectivity index (χ0n) is 11.5. The number of amides is 2. The fourth-order valence-electron chi connectivity index (χ4n) is 1.79. The Morgan fingerprint density at radius 1 is 1.18 bits per heavy atom. The lowest BCUT2D eigenvalue weighted by atomic mass is 10.1. The molecule has 0 fully saturated rings. The molecule has 0 aliphatic carbocycles. The maximum absolute atomic E-state index is 11.9. The Bertz CT molecular complexity index is 647. The molecule has 6 nitrogen and oxygen atoms in total. The van der Waals surface area contributed by atoms with Crippen molar-refractivity contribution in [2.24, 2.45) is 0 Å². The molecule has 22 heavy (non-hydrogen) atoms. The first-order valence-corrected chi connectivity index (χ1v) is 7.29. The number of urea groups is 1. The Morgan fingerprint density at radius 2 is 1.91 bits per heavy atom. The van der Waals surface area contributed by atoms with Crippen LogP contribution in [0.1, 0.15) is 5.69 Å². The summed E-state index contributed by atoms with van der Waals surface area (Å²) in [4.78, 5) is 27.2. The highest BCUT2D eigenvalue weighted by Gasteiger charge is 2.20. The lowest BCUT2D eigenvalue weighted by Gasteiger charge is -2.15. The van der Waals surface area contributed by atoms with E-state index in [-0.39, 0.29) is 6.42 Å². The van der Waals surface area contributed by atoms with E-state index in [1.807, 2.05) is 0 Å². The zero-order valence-corrected chi connectivity index (χ0v) is 13.1. The molecule has 0 saturated carbocycles. The Balaban J connectivity index is 1.97. The number of hydrogen-bond donors (Lipinski definition) is 3. The van der Waals surface area contributed by atoms with E-state index in [1.54, 1.807) is 48.7 Å². The smallest absolute Gasteiger partial charge is 0.326 e. The van der Waals surface area contributed by atoms with Crippen LogP contribution in [0.5, 0.6) is 0 Å². The van der Waals surface area contributed by atoms with E-state index in [4.69, 9.17) is 0 Å². The highest BCUT2D eigenvalue weighted by Crippen LogP contribution is 2.14. The highest BCUT2D eigenvalue weighted by molar-refractivity contribution is 9.10. The van der Waals surface area contributed by atoms with Crippen LogP contribution >= 0.6 is 15.9 Å². The third kappa shape index (κ3) is 4.85. The van der Waals surface area contributed by atoms with Gasteiger partial charge < -0.3 is 15.7 Å². The third-order valence-corrected chi connectivity index (χ3v) is 3.37. The topological polar surface area (TPSA) is 91.3 Å². The summed E-state index contributed by atoms with van der Waals surface area (Å²) in [6.07, 6.45) is 1.69. The van der Waals surface area contributed by atoms with Crippen LogP contribution in [0.15, 0.2) is 53.1 Å². The van der Waals surface area contributed by atoms with Crippen molar-refractivity contribution in [1.82, 2.24) is 10.3 Å². The van der Waals surface area contributed by atoms with Crippen molar-refractivity contribution in [3.05, 3.63) is 58.8 Å². The van der Waals surface area contributed by atoms with E-state index in [0.29, 0.717) is 11.4 Å². The van der Waals surface area contributed by atoms with Gasteiger partial charge in [-0.25, -0.2) is 9.59 Å². The average molecular weight is 364 g/mol.